The number of carbonyl (C=O) groups is 2. The molecular formula is C12H18N4O2. The molecule has 2 amide bonds. The largest absolute Gasteiger partial charge is 0.373 e. The lowest BCUT2D eigenvalue weighted by molar-refractivity contribution is -0.125. The highest BCUT2D eigenvalue weighted by Gasteiger charge is 2.25. The number of amides is 2. The van der Waals surface area contributed by atoms with Crippen LogP contribution in [0.15, 0.2) is 18.3 Å². The molecule has 0 aliphatic heterocycles. The number of primary amides is 1. The Hall–Kier alpha value is -2.11. The minimum Gasteiger partial charge on any atom is -0.373 e. The summed E-state index contributed by atoms with van der Waals surface area (Å²) in [6.45, 7) is 3.55. The number of rotatable bonds is 5. The lowest BCUT2D eigenvalue weighted by Crippen LogP contribution is -2.42. The SMILES string of the molecule is CNc1ccc(C(=O)NCC(C)(C)C(N)=O)cn1. The molecular weight excluding hydrogens is 232 g/mol. The molecule has 0 fully saturated rings. The predicted molar refractivity (Wildman–Crippen MR) is 69.1 cm³/mol. The van der Waals surface area contributed by atoms with Crippen LogP contribution in [0.5, 0.6) is 0 Å². The topological polar surface area (TPSA) is 97.1 Å². The Morgan fingerprint density at radius 3 is 2.50 bits per heavy atom. The molecule has 1 aromatic rings. The van der Waals surface area contributed by atoms with E-state index in [1.54, 1.807) is 33.0 Å². The third-order valence-electron chi connectivity index (χ3n) is 2.64. The Bertz CT molecular complexity index is 440. The second-order valence-corrected chi connectivity index (χ2v) is 4.61. The van der Waals surface area contributed by atoms with Crippen LogP contribution < -0.4 is 16.4 Å². The van der Waals surface area contributed by atoms with E-state index in [9.17, 15) is 9.59 Å². The minimum atomic E-state index is -0.770. The number of anilines is 1. The summed E-state index contributed by atoms with van der Waals surface area (Å²) in [4.78, 5) is 26.9. The van der Waals surface area contributed by atoms with Crippen LogP contribution in [0.3, 0.4) is 0 Å². The Kier molecular flexibility index (Phi) is 4.25. The van der Waals surface area contributed by atoms with E-state index in [1.807, 2.05) is 0 Å². The van der Waals surface area contributed by atoms with Gasteiger partial charge in [-0.3, -0.25) is 9.59 Å². The van der Waals surface area contributed by atoms with Gasteiger partial charge in [0, 0.05) is 19.8 Å². The summed E-state index contributed by atoms with van der Waals surface area (Å²) in [5.74, 6) is -0.0463. The first-order chi connectivity index (χ1) is 8.36. The van der Waals surface area contributed by atoms with E-state index in [-0.39, 0.29) is 12.5 Å². The number of hydrogen-bond donors (Lipinski definition) is 3. The average molecular weight is 250 g/mol. The second kappa shape index (κ2) is 5.48. The normalized spacial score (nSPS) is 10.8. The molecule has 18 heavy (non-hydrogen) atoms. The Labute approximate surface area is 106 Å². The van der Waals surface area contributed by atoms with Gasteiger partial charge in [-0.05, 0) is 26.0 Å². The fraction of sp³-hybridized carbons (Fsp3) is 0.417. The van der Waals surface area contributed by atoms with Gasteiger partial charge >= 0.3 is 0 Å². The van der Waals surface area contributed by atoms with Crippen molar-refractivity contribution in [1.29, 1.82) is 0 Å². The van der Waals surface area contributed by atoms with Crippen molar-refractivity contribution >= 4 is 17.6 Å². The summed E-state index contributed by atoms with van der Waals surface area (Å²) in [7, 11) is 1.75. The molecule has 0 atom stereocenters. The lowest BCUT2D eigenvalue weighted by atomic mass is 9.93. The van der Waals surface area contributed by atoms with Crippen molar-refractivity contribution in [2.75, 3.05) is 18.9 Å². The van der Waals surface area contributed by atoms with Gasteiger partial charge in [-0.1, -0.05) is 0 Å². The summed E-state index contributed by atoms with van der Waals surface area (Å²) >= 11 is 0. The van der Waals surface area contributed by atoms with Crippen molar-refractivity contribution in [2.24, 2.45) is 11.1 Å². The molecule has 0 aliphatic carbocycles. The van der Waals surface area contributed by atoms with Crippen LogP contribution >= 0.6 is 0 Å². The molecule has 0 saturated heterocycles. The van der Waals surface area contributed by atoms with Crippen LogP contribution in [0, 0.1) is 5.41 Å². The van der Waals surface area contributed by atoms with Crippen LogP contribution in [-0.2, 0) is 4.79 Å². The number of nitrogens with zero attached hydrogens (tertiary/aromatic N) is 1. The summed E-state index contributed by atoms with van der Waals surface area (Å²) in [6.07, 6.45) is 1.47. The highest BCUT2D eigenvalue weighted by Crippen LogP contribution is 2.12. The number of pyridine rings is 1. The Morgan fingerprint density at radius 1 is 1.39 bits per heavy atom. The van der Waals surface area contributed by atoms with Crippen molar-refractivity contribution < 1.29 is 9.59 Å². The summed E-state index contributed by atoms with van der Waals surface area (Å²) in [5.41, 5.74) is 4.89. The fourth-order valence-electron chi connectivity index (χ4n) is 1.17. The van der Waals surface area contributed by atoms with E-state index >= 15 is 0 Å². The molecule has 1 aromatic heterocycles. The third-order valence-corrected chi connectivity index (χ3v) is 2.64. The standard InChI is InChI=1S/C12H18N4O2/c1-12(2,11(13)18)7-16-10(17)8-4-5-9(14-3)15-6-8/h4-6H,7H2,1-3H3,(H2,13,18)(H,14,15)(H,16,17). The van der Waals surface area contributed by atoms with Gasteiger partial charge in [-0.25, -0.2) is 4.98 Å². The van der Waals surface area contributed by atoms with Crippen LogP contribution in [-0.4, -0.2) is 30.4 Å². The van der Waals surface area contributed by atoms with Crippen LogP contribution in [0.4, 0.5) is 5.82 Å². The van der Waals surface area contributed by atoms with E-state index in [4.69, 9.17) is 5.73 Å². The zero-order chi connectivity index (χ0) is 13.8. The summed E-state index contributed by atoms with van der Waals surface area (Å²) in [5, 5.41) is 5.52. The van der Waals surface area contributed by atoms with Crippen molar-refractivity contribution in [3.63, 3.8) is 0 Å². The van der Waals surface area contributed by atoms with Gasteiger partial charge in [-0.15, -0.1) is 0 Å². The molecule has 1 heterocycles. The molecule has 0 bridgehead atoms. The smallest absolute Gasteiger partial charge is 0.252 e. The van der Waals surface area contributed by atoms with E-state index < -0.39 is 11.3 Å². The number of aromatic nitrogens is 1. The molecule has 6 heteroatoms. The Morgan fingerprint density at radius 2 is 2.06 bits per heavy atom. The number of nitrogens with one attached hydrogen (secondary N) is 2. The summed E-state index contributed by atoms with van der Waals surface area (Å²) in [6, 6.07) is 3.36. The quantitative estimate of drug-likeness (QED) is 0.703. The van der Waals surface area contributed by atoms with Crippen molar-refractivity contribution in [3.05, 3.63) is 23.9 Å². The maximum absolute atomic E-state index is 11.8. The van der Waals surface area contributed by atoms with E-state index in [1.165, 1.54) is 6.20 Å². The number of nitrogens with two attached hydrogens (primary N) is 1. The molecule has 0 radical (unpaired) electrons. The molecule has 4 N–H and O–H groups in total. The minimum absolute atomic E-state index is 0.189. The van der Waals surface area contributed by atoms with Gasteiger partial charge in [0.15, 0.2) is 0 Å². The van der Waals surface area contributed by atoms with Crippen molar-refractivity contribution in [3.8, 4) is 0 Å². The van der Waals surface area contributed by atoms with Gasteiger partial charge < -0.3 is 16.4 Å². The zero-order valence-corrected chi connectivity index (χ0v) is 10.8. The fourth-order valence-corrected chi connectivity index (χ4v) is 1.17. The van der Waals surface area contributed by atoms with Gasteiger partial charge in [0.1, 0.15) is 5.82 Å². The molecule has 0 saturated carbocycles. The number of hydrogen-bond acceptors (Lipinski definition) is 4. The maximum Gasteiger partial charge on any atom is 0.252 e. The predicted octanol–water partition coefficient (Wildman–Crippen LogP) is 0.365. The van der Waals surface area contributed by atoms with Crippen LogP contribution in [0.1, 0.15) is 24.2 Å². The molecule has 0 aromatic carbocycles. The second-order valence-electron chi connectivity index (χ2n) is 4.61. The molecule has 0 spiro atoms. The van der Waals surface area contributed by atoms with Gasteiger partial charge in [0.2, 0.25) is 5.91 Å². The van der Waals surface area contributed by atoms with Crippen molar-refractivity contribution in [2.45, 2.75) is 13.8 Å². The van der Waals surface area contributed by atoms with E-state index in [0.29, 0.717) is 11.4 Å². The highest BCUT2D eigenvalue weighted by molar-refractivity contribution is 5.94. The molecule has 6 nitrogen and oxygen atoms in total. The first kappa shape index (κ1) is 14.0. The van der Waals surface area contributed by atoms with Crippen LogP contribution in [0.25, 0.3) is 0 Å². The lowest BCUT2D eigenvalue weighted by Gasteiger charge is -2.20. The van der Waals surface area contributed by atoms with Gasteiger partial charge in [-0.2, -0.15) is 0 Å². The Balaban J connectivity index is 2.63. The molecule has 1 rings (SSSR count). The molecule has 0 unspecified atom stereocenters. The molecule has 98 valence electrons. The first-order valence-electron chi connectivity index (χ1n) is 5.59. The van der Waals surface area contributed by atoms with E-state index in [0.717, 1.165) is 0 Å². The molecule has 0 aliphatic rings. The van der Waals surface area contributed by atoms with Crippen LogP contribution in [0.2, 0.25) is 0 Å². The maximum atomic E-state index is 11.8. The van der Waals surface area contributed by atoms with Gasteiger partial charge in [0.05, 0.1) is 11.0 Å². The third kappa shape index (κ3) is 3.44. The number of carbonyl (C=O) groups excluding carboxylic acids is 2. The first-order valence-corrected chi connectivity index (χ1v) is 5.59. The summed E-state index contributed by atoms with van der Waals surface area (Å²) < 4.78 is 0. The highest BCUT2D eigenvalue weighted by atomic mass is 16.2. The van der Waals surface area contributed by atoms with Gasteiger partial charge in [0.25, 0.3) is 5.91 Å². The van der Waals surface area contributed by atoms with E-state index in [2.05, 4.69) is 15.6 Å². The monoisotopic (exact) mass is 250 g/mol. The zero-order valence-electron chi connectivity index (χ0n) is 10.8. The van der Waals surface area contributed by atoms with Crippen molar-refractivity contribution in [1.82, 2.24) is 10.3 Å². The average Bonchev–Trinajstić information content (AvgIpc) is 2.36.